The minimum absolute atomic E-state index is 0.0156. The molecule has 1 aromatic carbocycles. The number of aliphatic hydroxyl groups is 1. The van der Waals surface area contributed by atoms with Crippen molar-refractivity contribution in [2.24, 2.45) is 5.92 Å². The predicted molar refractivity (Wildman–Crippen MR) is 88.5 cm³/mol. The highest BCUT2D eigenvalue weighted by molar-refractivity contribution is 7.89. The molecule has 1 aromatic rings. The average Bonchev–Trinajstić information content (AvgIpc) is 2.53. The Labute approximate surface area is 137 Å². The van der Waals surface area contributed by atoms with Crippen LogP contribution in [0.2, 0.25) is 0 Å². The molecule has 23 heavy (non-hydrogen) atoms. The molecule has 7 heteroatoms. The number of hydrogen-bond acceptors (Lipinski definition) is 4. The molecule has 2 atom stereocenters. The van der Waals surface area contributed by atoms with E-state index in [2.05, 4.69) is 4.72 Å². The van der Waals surface area contributed by atoms with Crippen LogP contribution in [0.25, 0.3) is 0 Å². The quantitative estimate of drug-likeness (QED) is 0.803. The second kappa shape index (κ2) is 7.90. The molecule has 1 saturated heterocycles. The lowest BCUT2D eigenvalue weighted by molar-refractivity contribution is 0.0684. The summed E-state index contributed by atoms with van der Waals surface area (Å²) in [4.78, 5) is 14.2. The van der Waals surface area contributed by atoms with Crippen LogP contribution in [-0.2, 0) is 10.0 Å². The first-order valence-corrected chi connectivity index (χ1v) is 9.52. The Morgan fingerprint density at radius 1 is 1.39 bits per heavy atom. The van der Waals surface area contributed by atoms with Gasteiger partial charge in [-0.3, -0.25) is 4.79 Å². The largest absolute Gasteiger partial charge is 0.392 e. The predicted octanol–water partition coefficient (Wildman–Crippen LogP) is 0.839. The van der Waals surface area contributed by atoms with E-state index in [1.54, 1.807) is 17.0 Å². The van der Waals surface area contributed by atoms with Gasteiger partial charge in [-0.25, -0.2) is 13.1 Å². The van der Waals surface area contributed by atoms with Crippen LogP contribution in [0.1, 0.15) is 30.1 Å². The first kappa shape index (κ1) is 17.9. The molecule has 0 unspecified atom stereocenters. The van der Waals surface area contributed by atoms with Crippen molar-refractivity contribution in [1.29, 1.82) is 0 Å². The molecule has 6 nitrogen and oxygen atoms in total. The number of carbonyl (C=O) groups is 1. The van der Waals surface area contributed by atoms with Crippen LogP contribution < -0.4 is 4.72 Å². The van der Waals surface area contributed by atoms with Crippen LogP contribution in [0.3, 0.4) is 0 Å². The number of piperidine rings is 1. The summed E-state index contributed by atoms with van der Waals surface area (Å²) in [5.41, 5.74) is 0.628. The van der Waals surface area contributed by atoms with Gasteiger partial charge in [0.25, 0.3) is 5.91 Å². The smallest absolute Gasteiger partial charge is 0.253 e. The van der Waals surface area contributed by atoms with E-state index in [1.165, 1.54) is 6.92 Å². The second-order valence-electron chi connectivity index (χ2n) is 6.10. The number of hydrogen-bond donors (Lipinski definition) is 2. The summed E-state index contributed by atoms with van der Waals surface area (Å²) < 4.78 is 26.4. The zero-order valence-corrected chi connectivity index (χ0v) is 14.1. The maximum atomic E-state index is 12.5. The van der Waals surface area contributed by atoms with Crippen molar-refractivity contribution in [3.63, 3.8) is 0 Å². The summed E-state index contributed by atoms with van der Waals surface area (Å²) in [6, 6.07) is 9.04. The van der Waals surface area contributed by atoms with Crippen molar-refractivity contribution in [2.75, 3.05) is 25.4 Å². The maximum Gasteiger partial charge on any atom is 0.253 e. The number of aliphatic hydroxyl groups excluding tert-OH is 1. The van der Waals surface area contributed by atoms with Crippen LogP contribution in [0.4, 0.5) is 0 Å². The third kappa shape index (κ3) is 5.60. The van der Waals surface area contributed by atoms with Crippen molar-refractivity contribution in [1.82, 2.24) is 9.62 Å². The molecular formula is C16H24N2O4S. The summed E-state index contributed by atoms with van der Waals surface area (Å²) in [5, 5.41) is 9.18. The molecule has 1 aliphatic heterocycles. The molecule has 0 saturated carbocycles. The van der Waals surface area contributed by atoms with Gasteiger partial charge in [-0.1, -0.05) is 18.2 Å². The topological polar surface area (TPSA) is 86.7 Å². The van der Waals surface area contributed by atoms with E-state index in [-0.39, 0.29) is 24.1 Å². The molecule has 2 N–H and O–H groups in total. The summed E-state index contributed by atoms with van der Waals surface area (Å²) in [5.74, 6) is -0.147. The lowest BCUT2D eigenvalue weighted by Crippen LogP contribution is -2.43. The van der Waals surface area contributed by atoms with Crippen molar-refractivity contribution in [2.45, 2.75) is 25.9 Å². The number of rotatable bonds is 6. The highest BCUT2D eigenvalue weighted by Crippen LogP contribution is 2.20. The number of nitrogens with zero attached hydrogens (tertiary/aromatic N) is 1. The molecular weight excluding hydrogens is 316 g/mol. The zero-order valence-electron chi connectivity index (χ0n) is 13.3. The number of amides is 1. The van der Waals surface area contributed by atoms with Crippen LogP contribution in [0.15, 0.2) is 30.3 Å². The number of nitrogens with one attached hydrogen (secondary N) is 1. The third-order valence-corrected chi connectivity index (χ3v) is 5.40. The Morgan fingerprint density at radius 3 is 2.74 bits per heavy atom. The van der Waals surface area contributed by atoms with Gasteiger partial charge < -0.3 is 10.0 Å². The van der Waals surface area contributed by atoms with Crippen molar-refractivity contribution >= 4 is 15.9 Å². The highest BCUT2D eigenvalue weighted by atomic mass is 32.2. The molecule has 0 aromatic heterocycles. The minimum atomic E-state index is -3.44. The van der Waals surface area contributed by atoms with Crippen LogP contribution in [0, 0.1) is 5.92 Å². The van der Waals surface area contributed by atoms with Gasteiger partial charge in [0.15, 0.2) is 0 Å². The molecule has 1 amide bonds. The van der Waals surface area contributed by atoms with Crippen LogP contribution in [0.5, 0.6) is 0 Å². The molecule has 128 valence electrons. The number of sulfonamides is 1. The third-order valence-electron chi connectivity index (χ3n) is 3.88. The van der Waals surface area contributed by atoms with Crippen LogP contribution in [-0.4, -0.2) is 55.8 Å². The fourth-order valence-electron chi connectivity index (χ4n) is 2.77. The summed E-state index contributed by atoms with van der Waals surface area (Å²) in [7, 11) is -3.44. The lowest BCUT2D eigenvalue weighted by atomic mass is 9.99. The normalized spacial score (nSPS) is 20.3. The Hall–Kier alpha value is -1.44. The van der Waals surface area contributed by atoms with E-state index in [0.717, 1.165) is 12.8 Å². The van der Waals surface area contributed by atoms with Crippen molar-refractivity contribution < 1.29 is 18.3 Å². The van der Waals surface area contributed by atoms with Gasteiger partial charge in [0, 0.05) is 25.2 Å². The minimum Gasteiger partial charge on any atom is -0.392 e. The molecule has 0 bridgehead atoms. The average molecular weight is 340 g/mol. The van der Waals surface area contributed by atoms with Crippen LogP contribution >= 0.6 is 0 Å². The number of carbonyl (C=O) groups excluding carboxylic acids is 1. The van der Waals surface area contributed by atoms with E-state index in [4.69, 9.17) is 0 Å². The summed E-state index contributed by atoms with van der Waals surface area (Å²) >= 11 is 0. The first-order valence-electron chi connectivity index (χ1n) is 7.87. The highest BCUT2D eigenvalue weighted by Gasteiger charge is 2.28. The van der Waals surface area contributed by atoms with E-state index >= 15 is 0 Å². The molecule has 0 spiro atoms. The zero-order chi connectivity index (χ0) is 16.9. The molecule has 0 aliphatic carbocycles. The maximum absolute atomic E-state index is 12.5. The molecule has 1 fully saturated rings. The molecule has 1 aliphatic rings. The Balaban J connectivity index is 1.94. The van der Waals surface area contributed by atoms with E-state index in [9.17, 15) is 18.3 Å². The molecule has 1 heterocycles. The van der Waals surface area contributed by atoms with E-state index in [1.807, 2.05) is 18.2 Å². The van der Waals surface area contributed by atoms with Crippen molar-refractivity contribution in [3.05, 3.63) is 35.9 Å². The lowest BCUT2D eigenvalue weighted by Gasteiger charge is -2.32. The second-order valence-corrected chi connectivity index (χ2v) is 7.96. The van der Waals surface area contributed by atoms with Gasteiger partial charge >= 0.3 is 0 Å². The monoisotopic (exact) mass is 340 g/mol. The fraction of sp³-hybridized carbons (Fsp3) is 0.562. The number of benzene rings is 1. The van der Waals surface area contributed by atoms with Gasteiger partial charge in [0.05, 0.1) is 11.9 Å². The summed E-state index contributed by atoms with van der Waals surface area (Å²) in [6.07, 6.45) is 0.871. The molecule has 2 rings (SSSR count). The van der Waals surface area contributed by atoms with Gasteiger partial charge in [0.1, 0.15) is 0 Å². The first-order chi connectivity index (χ1) is 10.9. The van der Waals surface area contributed by atoms with Gasteiger partial charge in [-0.2, -0.15) is 0 Å². The van der Waals surface area contributed by atoms with Gasteiger partial charge in [-0.05, 0) is 37.8 Å². The van der Waals surface area contributed by atoms with E-state index in [0.29, 0.717) is 18.7 Å². The van der Waals surface area contributed by atoms with Gasteiger partial charge in [-0.15, -0.1) is 0 Å². The van der Waals surface area contributed by atoms with Gasteiger partial charge in [0.2, 0.25) is 10.0 Å². The Morgan fingerprint density at radius 2 is 2.09 bits per heavy atom. The SMILES string of the molecule is C[C@@H](O)CNS(=O)(=O)C[C@@H]1CCCN(C(=O)c2ccccc2)C1. The van der Waals surface area contributed by atoms with E-state index < -0.39 is 16.1 Å². The molecule has 0 radical (unpaired) electrons. The standard InChI is InChI=1S/C16H24N2O4S/c1-13(19)10-17-23(21,22)12-14-6-5-9-18(11-14)16(20)15-7-3-2-4-8-15/h2-4,7-8,13-14,17,19H,5-6,9-12H2,1H3/t13-,14-/m1/s1. The fourth-order valence-corrected chi connectivity index (χ4v) is 4.27. The number of likely N-dealkylation sites (tertiary alicyclic amines) is 1. The summed E-state index contributed by atoms with van der Waals surface area (Å²) in [6.45, 7) is 2.65. The Kier molecular flexibility index (Phi) is 6.15. The Bertz CT molecular complexity index is 616. The van der Waals surface area contributed by atoms with Crippen molar-refractivity contribution in [3.8, 4) is 0 Å².